The van der Waals surface area contributed by atoms with E-state index in [9.17, 15) is 14.9 Å². The first-order valence-electron chi connectivity index (χ1n) is 5.42. The van der Waals surface area contributed by atoms with Gasteiger partial charge in [0.2, 0.25) is 0 Å². The maximum atomic E-state index is 11.1. The van der Waals surface area contributed by atoms with E-state index in [0.29, 0.717) is 4.90 Å². The number of benzene rings is 1. The second kappa shape index (κ2) is 6.39. The van der Waals surface area contributed by atoms with Gasteiger partial charge in [-0.25, -0.2) is 0 Å². The van der Waals surface area contributed by atoms with E-state index in [-0.39, 0.29) is 23.3 Å². The van der Waals surface area contributed by atoms with Crippen LogP contribution in [0.3, 0.4) is 0 Å². The van der Waals surface area contributed by atoms with Crippen LogP contribution in [0.15, 0.2) is 23.1 Å². The maximum Gasteiger partial charge on any atom is 0.306 e. The summed E-state index contributed by atoms with van der Waals surface area (Å²) in [5, 5.41) is 10.9. The van der Waals surface area contributed by atoms with Crippen molar-refractivity contribution in [3.63, 3.8) is 0 Å². The summed E-state index contributed by atoms with van der Waals surface area (Å²) >= 11 is 1.31. The molecule has 0 spiro atoms. The number of hydrogen-bond donors (Lipinski definition) is 0. The topological polar surface area (TPSA) is 69.4 Å². The molecule has 1 rings (SSSR count). The first kappa shape index (κ1) is 14.5. The largest absolute Gasteiger partial charge is 0.469 e. The van der Waals surface area contributed by atoms with E-state index in [4.69, 9.17) is 0 Å². The Bertz CT molecular complexity index is 461. The van der Waals surface area contributed by atoms with Crippen LogP contribution in [0.25, 0.3) is 0 Å². The van der Waals surface area contributed by atoms with Gasteiger partial charge >= 0.3 is 5.97 Å². The van der Waals surface area contributed by atoms with E-state index >= 15 is 0 Å². The van der Waals surface area contributed by atoms with Crippen LogP contribution >= 0.6 is 11.8 Å². The number of carbonyl (C=O) groups is 1. The summed E-state index contributed by atoms with van der Waals surface area (Å²) in [6.45, 7) is 3.64. The molecule has 0 amide bonds. The molecule has 0 N–H and O–H groups in total. The number of thioether (sulfide) groups is 1. The summed E-state index contributed by atoms with van der Waals surface area (Å²) in [5.41, 5.74) is 0.920. The van der Waals surface area contributed by atoms with Crippen molar-refractivity contribution in [3.8, 4) is 0 Å². The van der Waals surface area contributed by atoms with E-state index in [0.717, 1.165) is 5.56 Å². The third-order valence-corrected chi connectivity index (χ3v) is 3.49. The summed E-state index contributed by atoms with van der Waals surface area (Å²) in [6, 6.07) is 5.07. The van der Waals surface area contributed by atoms with Gasteiger partial charge in [0.1, 0.15) is 0 Å². The molecule has 0 aliphatic carbocycles. The Morgan fingerprint density at radius 1 is 1.56 bits per heavy atom. The standard InChI is InChI=1S/C12H15NO4S/c1-8-4-5-11(10(6-8)13(15)16)18-9(2)7-12(14)17-3/h4-6,9H,7H2,1-3H3. The third kappa shape index (κ3) is 4.03. The molecule has 0 fully saturated rings. The third-order valence-electron chi connectivity index (χ3n) is 2.32. The molecule has 1 atom stereocenters. The molecule has 0 saturated heterocycles. The monoisotopic (exact) mass is 269 g/mol. The number of rotatable bonds is 5. The van der Waals surface area contributed by atoms with Crippen molar-refractivity contribution in [1.82, 2.24) is 0 Å². The molecule has 0 aliphatic rings. The molecule has 0 saturated carbocycles. The minimum atomic E-state index is -0.403. The molecule has 0 aromatic heterocycles. The van der Waals surface area contributed by atoms with Crippen LogP contribution < -0.4 is 0 Å². The van der Waals surface area contributed by atoms with Gasteiger partial charge in [0, 0.05) is 11.3 Å². The molecule has 5 nitrogen and oxygen atoms in total. The van der Waals surface area contributed by atoms with Crippen molar-refractivity contribution in [1.29, 1.82) is 0 Å². The fourth-order valence-corrected chi connectivity index (χ4v) is 2.50. The number of ether oxygens (including phenoxy) is 1. The number of aryl methyl sites for hydroxylation is 1. The van der Waals surface area contributed by atoms with Gasteiger partial charge in [-0.15, -0.1) is 11.8 Å². The number of nitro groups is 1. The molecule has 1 aromatic carbocycles. The van der Waals surface area contributed by atoms with Gasteiger partial charge in [-0.3, -0.25) is 14.9 Å². The van der Waals surface area contributed by atoms with E-state index < -0.39 is 4.92 Å². The van der Waals surface area contributed by atoms with Crippen molar-refractivity contribution in [2.75, 3.05) is 7.11 Å². The summed E-state index contributed by atoms with van der Waals surface area (Å²) in [5.74, 6) is -0.315. The Labute approximate surface area is 110 Å². The number of nitro benzene ring substituents is 1. The van der Waals surface area contributed by atoms with Crippen LogP contribution in [-0.2, 0) is 9.53 Å². The number of hydrogen-bond acceptors (Lipinski definition) is 5. The highest BCUT2D eigenvalue weighted by atomic mass is 32.2. The van der Waals surface area contributed by atoms with Gasteiger partial charge in [0.25, 0.3) is 5.69 Å². The van der Waals surface area contributed by atoms with Gasteiger partial charge in [-0.05, 0) is 18.6 Å². The molecule has 0 bridgehead atoms. The fourth-order valence-electron chi connectivity index (χ4n) is 1.45. The highest BCUT2D eigenvalue weighted by Crippen LogP contribution is 2.33. The lowest BCUT2D eigenvalue weighted by molar-refractivity contribution is -0.387. The first-order chi connectivity index (χ1) is 8.43. The van der Waals surface area contributed by atoms with Crippen LogP contribution in [0.2, 0.25) is 0 Å². The quantitative estimate of drug-likeness (QED) is 0.356. The fraction of sp³-hybridized carbons (Fsp3) is 0.417. The van der Waals surface area contributed by atoms with Crippen molar-refractivity contribution >= 4 is 23.4 Å². The summed E-state index contributed by atoms with van der Waals surface area (Å²) < 4.78 is 4.57. The Kier molecular flexibility index (Phi) is 5.15. The number of nitrogens with zero attached hydrogens (tertiary/aromatic N) is 1. The zero-order chi connectivity index (χ0) is 13.7. The van der Waals surface area contributed by atoms with E-state index in [1.54, 1.807) is 13.0 Å². The summed E-state index contributed by atoms with van der Waals surface area (Å²) in [7, 11) is 1.33. The van der Waals surface area contributed by atoms with Gasteiger partial charge in [-0.1, -0.05) is 13.0 Å². The van der Waals surface area contributed by atoms with E-state index in [1.807, 2.05) is 13.0 Å². The molecule has 0 radical (unpaired) electrons. The maximum absolute atomic E-state index is 11.1. The molecule has 18 heavy (non-hydrogen) atoms. The SMILES string of the molecule is COC(=O)CC(C)Sc1ccc(C)cc1[N+](=O)[O-]. The number of methoxy groups -OCH3 is 1. The lowest BCUT2D eigenvalue weighted by Gasteiger charge is -2.10. The lowest BCUT2D eigenvalue weighted by Crippen LogP contribution is -2.08. The number of carbonyl (C=O) groups excluding carboxylic acids is 1. The van der Waals surface area contributed by atoms with Gasteiger partial charge in [0.05, 0.1) is 23.3 Å². The molecular formula is C12H15NO4S. The summed E-state index contributed by atoms with van der Waals surface area (Å²) in [6.07, 6.45) is 0.228. The second-order valence-electron chi connectivity index (χ2n) is 3.94. The lowest BCUT2D eigenvalue weighted by atomic mass is 10.2. The van der Waals surface area contributed by atoms with Crippen molar-refractivity contribution in [2.45, 2.75) is 30.4 Å². The van der Waals surface area contributed by atoms with Gasteiger partial charge in [0.15, 0.2) is 0 Å². The molecule has 98 valence electrons. The average Bonchev–Trinajstić information content (AvgIpc) is 2.30. The van der Waals surface area contributed by atoms with Gasteiger partial charge in [-0.2, -0.15) is 0 Å². The second-order valence-corrected chi connectivity index (χ2v) is 5.42. The van der Waals surface area contributed by atoms with Crippen LogP contribution in [0.4, 0.5) is 5.69 Å². The zero-order valence-electron chi connectivity index (χ0n) is 10.5. The first-order valence-corrected chi connectivity index (χ1v) is 6.30. The zero-order valence-corrected chi connectivity index (χ0v) is 11.3. The number of esters is 1. The van der Waals surface area contributed by atoms with Crippen LogP contribution in [0.5, 0.6) is 0 Å². The molecule has 0 heterocycles. The van der Waals surface area contributed by atoms with Crippen molar-refractivity contribution in [2.24, 2.45) is 0 Å². The van der Waals surface area contributed by atoms with Crippen LogP contribution in [0.1, 0.15) is 18.9 Å². The van der Waals surface area contributed by atoms with Crippen molar-refractivity contribution in [3.05, 3.63) is 33.9 Å². The van der Waals surface area contributed by atoms with Crippen LogP contribution in [-0.4, -0.2) is 23.3 Å². The Morgan fingerprint density at radius 2 is 2.22 bits per heavy atom. The minimum Gasteiger partial charge on any atom is -0.469 e. The normalized spacial score (nSPS) is 11.9. The van der Waals surface area contributed by atoms with Crippen LogP contribution in [0, 0.1) is 17.0 Å². The predicted molar refractivity (Wildman–Crippen MR) is 69.8 cm³/mol. The van der Waals surface area contributed by atoms with Crippen molar-refractivity contribution < 1.29 is 14.5 Å². The highest BCUT2D eigenvalue weighted by Gasteiger charge is 2.18. The molecule has 6 heteroatoms. The molecular weight excluding hydrogens is 254 g/mol. The Hall–Kier alpha value is -1.56. The van der Waals surface area contributed by atoms with Gasteiger partial charge < -0.3 is 4.74 Å². The summed E-state index contributed by atoms with van der Waals surface area (Å²) in [4.78, 5) is 22.2. The highest BCUT2D eigenvalue weighted by molar-refractivity contribution is 8.00. The minimum absolute atomic E-state index is 0.0705. The Morgan fingerprint density at radius 3 is 2.78 bits per heavy atom. The molecule has 1 aromatic rings. The molecule has 0 aliphatic heterocycles. The van der Waals surface area contributed by atoms with E-state index in [1.165, 1.54) is 24.9 Å². The van der Waals surface area contributed by atoms with E-state index in [2.05, 4.69) is 4.74 Å². The smallest absolute Gasteiger partial charge is 0.306 e. The average molecular weight is 269 g/mol. The predicted octanol–water partition coefficient (Wildman–Crippen LogP) is 2.95. The Balaban J connectivity index is 2.84. The molecule has 1 unspecified atom stereocenters.